The van der Waals surface area contributed by atoms with Crippen LogP contribution in [0, 0.1) is 11.8 Å². The molecular formula is C13H23NO2. The van der Waals surface area contributed by atoms with Gasteiger partial charge >= 0.3 is 0 Å². The first-order chi connectivity index (χ1) is 7.72. The summed E-state index contributed by atoms with van der Waals surface area (Å²) in [5, 5.41) is 9.34. The lowest BCUT2D eigenvalue weighted by molar-refractivity contribution is -0.120. The number of likely N-dealkylation sites (tertiary alicyclic amines) is 1. The van der Waals surface area contributed by atoms with E-state index in [-0.39, 0.29) is 6.61 Å². The second kappa shape index (κ2) is 5.28. The van der Waals surface area contributed by atoms with Crippen LogP contribution < -0.4 is 0 Å². The SMILES string of the molecule is CC1CCN(CCC2CCCC2=O)C1CO. The Labute approximate surface area is 97.8 Å². The van der Waals surface area contributed by atoms with Gasteiger partial charge in [0, 0.05) is 18.4 Å². The minimum atomic E-state index is 0.264. The van der Waals surface area contributed by atoms with Gasteiger partial charge in [-0.05, 0) is 44.7 Å². The van der Waals surface area contributed by atoms with Crippen LogP contribution in [0.5, 0.6) is 0 Å². The van der Waals surface area contributed by atoms with E-state index in [4.69, 9.17) is 0 Å². The third-order valence-electron chi connectivity index (χ3n) is 4.38. The monoisotopic (exact) mass is 225 g/mol. The maximum Gasteiger partial charge on any atom is 0.136 e. The highest BCUT2D eigenvalue weighted by Gasteiger charge is 2.32. The molecule has 1 heterocycles. The Hall–Kier alpha value is -0.410. The summed E-state index contributed by atoms with van der Waals surface area (Å²) in [4.78, 5) is 13.9. The molecule has 2 rings (SSSR count). The molecule has 3 nitrogen and oxygen atoms in total. The summed E-state index contributed by atoms with van der Waals surface area (Å²) in [7, 11) is 0. The number of Topliss-reactive ketones (excluding diaryl/α,β-unsaturated/α-hetero) is 1. The molecule has 1 aliphatic carbocycles. The fraction of sp³-hybridized carbons (Fsp3) is 0.923. The van der Waals surface area contributed by atoms with Gasteiger partial charge in [-0.3, -0.25) is 9.69 Å². The van der Waals surface area contributed by atoms with E-state index in [0.717, 1.165) is 38.8 Å². The molecule has 3 atom stereocenters. The van der Waals surface area contributed by atoms with E-state index < -0.39 is 0 Å². The maximum absolute atomic E-state index is 11.5. The van der Waals surface area contributed by atoms with Gasteiger partial charge in [-0.2, -0.15) is 0 Å². The first-order valence-electron chi connectivity index (χ1n) is 6.60. The van der Waals surface area contributed by atoms with Crippen molar-refractivity contribution in [3.8, 4) is 0 Å². The lowest BCUT2D eigenvalue weighted by Crippen LogP contribution is -2.36. The van der Waals surface area contributed by atoms with Crippen LogP contribution in [-0.2, 0) is 4.79 Å². The van der Waals surface area contributed by atoms with Crippen LogP contribution in [0.1, 0.15) is 39.0 Å². The minimum absolute atomic E-state index is 0.264. The molecule has 1 N–H and O–H groups in total. The van der Waals surface area contributed by atoms with Gasteiger partial charge in [-0.15, -0.1) is 0 Å². The summed E-state index contributed by atoms with van der Waals surface area (Å²) in [5.74, 6) is 1.38. The van der Waals surface area contributed by atoms with Crippen molar-refractivity contribution in [1.82, 2.24) is 4.90 Å². The highest BCUT2D eigenvalue weighted by Crippen LogP contribution is 2.28. The molecule has 3 heteroatoms. The maximum atomic E-state index is 11.5. The van der Waals surface area contributed by atoms with Gasteiger partial charge in [-0.25, -0.2) is 0 Å². The average molecular weight is 225 g/mol. The lowest BCUT2D eigenvalue weighted by atomic mass is 10.0. The van der Waals surface area contributed by atoms with Crippen LogP contribution in [0.2, 0.25) is 0 Å². The van der Waals surface area contributed by atoms with E-state index >= 15 is 0 Å². The molecule has 3 unspecified atom stereocenters. The second-order valence-electron chi connectivity index (χ2n) is 5.40. The quantitative estimate of drug-likeness (QED) is 0.787. The van der Waals surface area contributed by atoms with Crippen LogP contribution >= 0.6 is 0 Å². The number of hydrogen-bond acceptors (Lipinski definition) is 3. The Morgan fingerprint density at radius 2 is 2.25 bits per heavy atom. The highest BCUT2D eigenvalue weighted by molar-refractivity contribution is 5.82. The van der Waals surface area contributed by atoms with Crippen LogP contribution in [0.3, 0.4) is 0 Å². The number of hydrogen-bond donors (Lipinski definition) is 1. The van der Waals surface area contributed by atoms with Gasteiger partial charge < -0.3 is 5.11 Å². The third kappa shape index (κ3) is 2.46. The predicted molar refractivity (Wildman–Crippen MR) is 63.2 cm³/mol. The molecular weight excluding hydrogens is 202 g/mol. The molecule has 0 bridgehead atoms. The minimum Gasteiger partial charge on any atom is -0.395 e. The fourth-order valence-electron chi connectivity index (χ4n) is 3.18. The zero-order valence-corrected chi connectivity index (χ0v) is 10.2. The molecule has 1 aliphatic heterocycles. The summed E-state index contributed by atoms with van der Waals surface area (Å²) < 4.78 is 0. The summed E-state index contributed by atoms with van der Waals surface area (Å²) >= 11 is 0. The first kappa shape index (κ1) is 12.1. The molecule has 1 saturated carbocycles. The Kier molecular flexibility index (Phi) is 3.98. The normalized spacial score (nSPS) is 36.1. The third-order valence-corrected chi connectivity index (χ3v) is 4.38. The summed E-state index contributed by atoms with van der Waals surface area (Å²) in [5.41, 5.74) is 0. The molecule has 0 radical (unpaired) electrons. The average Bonchev–Trinajstić information content (AvgIpc) is 2.82. The highest BCUT2D eigenvalue weighted by atomic mass is 16.3. The van der Waals surface area contributed by atoms with E-state index in [1.807, 2.05) is 0 Å². The number of nitrogens with zero attached hydrogens (tertiary/aromatic N) is 1. The number of carbonyl (C=O) groups excluding carboxylic acids is 1. The zero-order valence-electron chi connectivity index (χ0n) is 10.2. The first-order valence-corrected chi connectivity index (χ1v) is 6.60. The Morgan fingerprint density at radius 3 is 2.88 bits per heavy atom. The molecule has 0 aromatic heterocycles. The molecule has 0 aromatic carbocycles. The van der Waals surface area contributed by atoms with Gasteiger partial charge in [0.05, 0.1) is 6.61 Å². The Morgan fingerprint density at radius 1 is 1.44 bits per heavy atom. The van der Waals surface area contributed by atoms with E-state index in [9.17, 15) is 9.90 Å². The summed E-state index contributed by atoms with van der Waals surface area (Å²) in [6, 6.07) is 0.330. The van der Waals surface area contributed by atoms with Gasteiger partial charge in [0.15, 0.2) is 0 Å². The van der Waals surface area contributed by atoms with Crippen molar-refractivity contribution in [2.24, 2.45) is 11.8 Å². The number of aliphatic hydroxyl groups is 1. The van der Waals surface area contributed by atoms with Crippen molar-refractivity contribution in [3.63, 3.8) is 0 Å². The molecule has 92 valence electrons. The molecule has 0 amide bonds. The van der Waals surface area contributed by atoms with Gasteiger partial charge in [0.2, 0.25) is 0 Å². The Bertz CT molecular complexity index is 254. The zero-order chi connectivity index (χ0) is 11.5. The molecule has 0 aromatic rings. The second-order valence-corrected chi connectivity index (χ2v) is 5.40. The molecule has 1 saturated heterocycles. The molecule has 2 aliphatic rings. The van der Waals surface area contributed by atoms with Gasteiger partial charge in [-0.1, -0.05) is 6.92 Å². The van der Waals surface area contributed by atoms with Crippen molar-refractivity contribution in [2.75, 3.05) is 19.7 Å². The molecule has 2 fully saturated rings. The van der Waals surface area contributed by atoms with Gasteiger partial charge in [0.25, 0.3) is 0 Å². The fourth-order valence-corrected chi connectivity index (χ4v) is 3.18. The Balaban J connectivity index is 1.79. The smallest absolute Gasteiger partial charge is 0.136 e. The lowest BCUT2D eigenvalue weighted by Gasteiger charge is -2.25. The standard InChI is InChI=1S/C13H23NO2/c1-10-5-7-14(12(10)9-15)8-6-11-3-2-4-13(11)16/h10-12,15H,2-9H2,1H3. The largest absolute Gasteiger partial charge is 0.395 e. The van der Waals surface area contributed by atoms with Crippen molar-refractivity contribution in [3.05, 3.63) is 0 Å². The number of carbonyl (C=O) groups is 1. The van der Waals surface area contributed by atoms with E-state index in [0.29, 0.717) is 23.7 Å². The number of ketones is 1. The van der Waals surface area contributed by atoms with Crippen molar-refractivity contribution in [1.29, 1.82) is 0 Å². The number of aliphatic hydroxyl groups excluding tert-OH is 1. The van der Waals surface area contributed by atoms with E-state index in [1.54, 1.807) is 0 Å². The van der Waals surface area contributed by atoms with Crippen molar-refractivity contribution < 1.29 is 9.90 Å². The van der Waals surface area contributed by atoms with Crippen molar-refractivity contribution >= 4 is 5.78 Å². The topological polar surface area (TPSA) is 40.5 Å². The molecule has 16 heavy (non-hydrogen) atoms. The van der Waals surface area contributed by atoms with Crippen LogP contribution in [-0.4, -0.2) is 41.5 Å². The van der Waals surface area contributed by atoms with Gasteiger partial charge in [0.1, 0.15) is 5.78 Å². The predicted octanol–water partition coefficient (Wildman–Crippen LogP) is 1.45. The van der Waals surface area contributed by atoms with Crippen molar-refractivity contribution in [2.45, 2.75) is 45.1 Å². The van der Waals surface area contributed by atoms with Crippen LogP contribution in [0.15, 0.2) is 0 Å². The van der Waals surface area contributed by atoms with Crippen LogP contribution in [0.25, 0.3) is 0 Å². The van der Waals surface area contributed by atoms with E-state index in [2.05, 4.69) is 11.8 Å². The van der Waals surface area contributed by atoms with Crippen LogP contribution in [0.4, 0.5) is 0 Å². The molecule has 0 spiro atoms. The number of rotatable bonds is 4. The summed E-state index contributed by atoms with van der Waals surface area (Å²) in [6.07, 6.45) is 5.16. The van der Waals surface area contributed by atoms with E-state index in [1.165, 1.54) is 6.42 Å². The summed E-state index contributed by atoms with van der Waals surface area (Å²) in [6.45, 7) is 4.56.